The molecule has 0 radical (unpaired) electrons. The number of hydrogen-bond donors (Lipinski definition) is 1. The largest absolute Gasteiger partial charge is 0.352 e. The lowest BCUT2D eigenvalue weighted by molar-refractivity contribution is 0.865. The Labute approximate surface area is 101 Å². The summed E-state index contributed by atoms with van der Waals surface area (Å²) in [5.41, 5.74) is 2.35. The van der Waals surface area contributed by atoms with Gasteiger partial charge in [0.2, 0.25) is 0 Å². The van der Waals surface area contributed by atoms with Crippen molar-refractivity contribution in [3.63, 3.8) is 0 Å². The molecule has 0 saturated carbocycles. The summed E-state index contributed by atoms with van der Waals surface area (Å²) >= 11 is 7.39. The van der Waals surface area contributed by atoms with Gasteiger partial charge in [-0.25, -0.2) is 9.97 Å². The van der Waals surface area contributed by atoms with Crippen LogP contribution in [0, 0.1) is 0 Å². The molecule has 5 nitrogen and oxygen atoms in total. The van der Waals surface area contributed by atoms with E-state index in [4.69, 9.17) is 11.6 Å². The Balaban J connectivity index is 2.24. The number of halogens is 1. The van der Waals surface area contributed by atoms with Crippen molar-refractivity contribution < 1.29 is 0 Å². The van der Waals surface area contributed by atoms with Gasteiger partial charge in [-0.2, -0.15) is 0 Å². The number of aromatic amines is 1. The van der Waals surface area contributed by atoms with E-state index in [9.17, 15) is 4.79 Å². The molecule has 0 unspecified atom stereocenters. The zero-order valence-electron chi connectivity index (χ0n) is 8.48. The maximum Gasteiger partial charge on any atom is 0.271 e. The van der Waals surface area contributed by atoms with E-state index in [2.05, 4.69) is 15.0 Å². The van der Waals surface area contributed by atoms with Crippen molar-refractivity contribution in [3.05, 3.63) is 38.3 Å². The van der Waals surface area contributed by atoms with Crippen LogP contribution in [0.4, 0.5) is 5.82 Å². The summed E-state index contributed by atoms with van der Waals surface area (Å²) in [7, 11) is 1.81. The topological polar surface area (TPSA) is 61.9 Å². The predicted molar refractivity (Wildman–Crippen MR) is 64.1 cm³/mol. The molecule has 0 fully saturated rings. The molecule has 0 aromatic carbocycles. The minimum atomic E-state index is -0.336. The molecule has 2 rings (SSSR count). The molecule has 0 bridgehead atoms. The molecule has 7 heteroatoms. The average Bonchev–Trinajstić information content (AvgIpc) is 2.74. The van der Waals surface area contributed by atoms with Crippen LogP contribution < -0.4 is 10.5 Å². The van der Waals surface area contributed by atoms with Crippen LogP contribution in [0.2, 0.25) is 5.02 Å². The highest BCUT2D eigenvalue weighted by atomic mass is 35.5. The minimum Gasteiger partial charge on any atom is -0.352 e. The van der Waals surface area contributed by atoms with Crippen molar-refractivity contribution in [3.8, 4) is 0 Å². The zero-order valence-corrected chi connectivity index (χ0v) is 10.0. The molecular weight excluding hydrogens is 248 g/mol. The second kappa shape index (κ2) is 4.63. The number of H-pyrrole nitrogens is 1. The van der Waals surface area contributed by atoms with Crippen LogP contribution in [0.1, 0.15) is 5.69 Å². The van der Waals surface area contributed by atoms with Gasteiger partial charge < -0.3 is 9.88 Å². The second-order valence-electron chi connectivity index (χ2n) is 3.21. The van der Waals surface area contributed by atoms with E-state index in [-0.39, 0.29) is 10.6 Å². The van der Waals surface area contributed by atoms with Gasteiger partial charge in [0.25, 0.3) is 5.56 Å². The normalized spacial score (nSPS) is 10.4. The fourth-order valence-corrected chi connectivity index (χ4v) is 2.07. The molecule has 0 aliphatic rings. The molecule has 0 aliphatic heterocycles. The Morgan fingerprint density at radius 2 is 2.38 bits per heavy atom. The van der Waals surface area contributed by atoms with Crippen LogP contribution in [-0.2, 0) is 6.54 Å². The zero-order chi connectivity index (χ0) is 11.5. The summed E-state index contributed by atoms with van der Waals surface area (Å²) in [6.45, 7) is 0.569. The Kier molecular flexibility index (Phi) is 3.21. The van der Waals surface area contributed by atoms with Crippen molar-refractivity contribution in [1.82, 2.24) is 15.0 Å². The quantitative estimate of drug-likeness (QED) is 0.904. The lowest BCUT2D eigenvalue weighted by Gasteiger charge is -2.17. The molecule has 1 N–H and O–H groups in total. The van der Waals surface area contributed by atoms with E-state index >= 15 is 0 Å². The van der Waals surface area contributed by atoms with Gasteiger partial charge in [-0.15, -0.1) is 11.3 Å². The lowest BCUT2D eigenvalue weighted by atomic mass is 10.4. The van der Waals surface area contributed by atoms with Crippen LogP contribution in [-0.4, -0.2) is 22.0 Å². The summed E-state index contributed by atoms with van der Waals surface area (Å²) in [4.78, 5) is 23.7. The lowest BCUT2D eigenvalue weighted by Crippen LogP contribution is -2.21. The minimum absolute atomic E-state index is 0.0974. The molecule has 2 heterocycles. The molecule has 0 aliphatic carbocycles. The van der Waals surface area contributed by atoms with Crippen LogP contribution in [0.25, 0.3) is 0 Å². The number of aromatic nitrogens is 3. The Morgan fingerprint density at radius 1 is 1.56 bits per heavy atom. The molecule has 2 aromatic rings. The van der Waals surface area contributed by atoms with E-state index in [1.165, 1.54) is 17.7 Å². The van der Waals surface area contributed by atoms with Crippen molar-refractivity contribution in [1.29, 1.82) is 0 Å². The smallest absolute Gasteiger partial charge is 0.271 e. The summed E-state index contributed by atoms with van der Waals surface area (Å²) in [5, 5.41) is 2.04. The second-order valence-corrected chi connectivity index (χ2v) is 4.30. The monoisotopic (exact) mass is 256 g/mol. The Bertz CT molecular complexity index is 525. The highest BCUT2D eigenvalue weighted by molar-refractivity contribution is 7.07. The van der Waals surface area contributed by atoms with Crippen LogP contribution in [0.3, 0.4) is 0 Å². The average molecular weight is 257 g/mol. The fourth-order valence-electron chi connectivity index (χ4n) is 1.27. The fraction of sp³-hybridized carbons (Fsp3) is 0.222. The van der Waals surface area contributed by atoms with Crippen molar-refractivity contribution in [2.75, 3.05) is 11.9 Å². The van der Waals surface area contributed by atoms with Gasteiger partial charge >= 0.3 is 0 Å². The molecule has 2 aromatic heterocycles. The summed E-state index contributed by atoms with van der Waals surface area (Å²) in [6.07, 6.45) is 1.33. The first-order valence-corrected chi connectivity index (χ1v) is 5.82. The van der Waals surface area contributed by atoms with E-state index in [0.29, 0.717) is 12.4 Å². The van der Waals surface area contributed by atoms with E-state index in [1.54, 1.807) is 10.4 Å². The third-order valence-corrected chi connectivity index (χ3v) is 3.00. The molecular formula is C9H9ClN4OS. The molecule has 0 amide bonds. The molecule has 0 spiro atoms. The number of thiazole rings is 1. The summed E-state index contributed by atoms with van der Waals surface area (Å²) in [6, 6.07) is 0. The van der Waals surface area contributed by atoms with Gasteiger partial charge in [-0.05, 0) is 0 Å². The number of rotatable bonds is 3. The van der Waals surface area contributed by atoms with E-state index < -0.39 is 0 Å². The molecule has 84 valence electrons. The van der Waals surface area contributed by atoms with Gasteiger partial charge in [0.05, 0.1) is 24.1 Å². The predicted octanol–water partition coefficient (Wildman–Crippen LogP) is 1.52. The third-order valence-electron chi connectivity index (χ3n) is 2.02. The number of anilines is 1. The Hall–Kier alpha value is -1.40. The van der Waals surface area contributed by atoms with Gasteiger partial charge in [0, 0.05) is 12.4 Å². The van der Waals surface area contributed by atoms with Gasteiger partial charge in [0.15, 0.2) is 5.82 Å². The van der Waals surface area contributed by atoms with Gasteiger partial charge in [0.1, 0.15) is 5.02 Å². The Morgan fingerprint density at radius 3 is 3.06 bits per heavy atom. The highest BCUT2D eigenvalue weighted by Crippen LogP contribution is 2.18. The van der Waals surface area contributed by atoms with Crippen LogP contribution >= 0.6 is 22.9 Å². The summed E-state index contributed by atoms with van der Waals surface area (Å²) < 4.78 is 0. The molecule has 0 atom stereocenters. The summed E-state index contributed by atoms with van der Waals surface area (Å²) in [5.74, 6) is 0.457. The number of hydrogen-bond acceptors (Lipinski definition) is 5. The first-order chi connectivity index (χ1) is 7.68. The SMILES string of the molecule is CN(Cc1cscn1)c1nc[nH]c(=O)c1Cl. The van der Waals surface area contributed by atoms with Crippen molar-refractivity contribution >= 4 is 28.8 Å². The molecule has 0 saturated heterocycles. The van der Waals surface area contributed by atoms with E-state index in [1.807, 2.05) is 12.4 Å². The van der Waals surface area contributed by atoms with Crippen molar-refractivity contribution in [2.45, 2.75) is 6.54 Å². The number of nitrogens with zero attached hydrogens (tertiary/aromatic N) is 3. The van der Waals surface area contributed by atoms with E-state index in [0.717, 1.165) is 5.69 Å². The highest BCUT2D eigenvalue weighted by Gasteiger charge is 2.11. The van der Waals surface area contributed by atoms with Gasteiger partial charge in [-0.1, -0.05) is 11.6 Å². The van der Waals surface area contributed by atoms with Crippen LogP contribution in [0.5, 0.6) is 0 Å². The van der Waals surface area contributed by atoms with Gasteiger partial charge in [-0.3, -0.25) is 4.79 Å². The van der Waals surface area contributed by atoms with Crippen molar-refractivity contribution in [2.24, 2.45) is 0 Å². The maximum absolute atomic E-state index is 11.3. The maximum atomic E-state index is 11.3. The molecule has 16 heavy (non-hydrogen) atoms. The third kappa shape index (κ3) is 2.23. The van der Waals surface area contributed by atoms with Crippen LogP contribution in [0.15, 0.2) is 22.0 Å². The number of nitrogens with one attached hydrogen (secondary N) is 1. The first-order valence-electron chi connectivity index (χ1n) is 4.50. The first kappa shape index (κ1) is 11.1. The standard InChI is InChI=1S/C9H9ClN4OS/c1-14(2-6-3-16-5-13-6)8-7(10)9(15)12-4-11-8/h3-5H,2H2,1H3,(H,11,12,15).